The highest BCUT2D eigenvalue weighted by molar-refractivity contribution is 5.92. The van der Waals surface area contributed by atoms with Crippen molar-refractivity contribution in [3.05, 3.63) is 53.6 Å². The summed E-state index contributed by atoms with van der Waals surface area (Å²) >= 11 is 0. The minimum absolute atomic E-state index is 0.0110. The van der Waals surface area contributed by atoms with Crippen LogP contribution in [0.1, 0.15) is 24.5 Å². The summed E-state index contributed by atoms with van der Waals surface area (Å²) in [4.78, 5) is 14.5. The number of benzene rings is 2. The van der Waals surface area contributed by atoms with E-state index in [1.807, 2.05) is 44.2 Å². The first-order valence-electron chi connectivity index (χ1n) is 8.87. The molecule has 1 saturated heterocycles. The number of carbonyl (C=O) groups is 1. The third-order valence-electron chi connectivity index (χ3n) is 4.70. The van der Waals surface area contributed by atoms with Gasteiger partial charge in [0.05, 0.1) is 0 Å². The van der Waals surface area contributed by atoms with Crippen LogP contribution >= 0.6 is 0 Å². The summed E-state index contributed by atoms with van der Waals surface area (Å²) in [5.74, 6) is 1.39. The molecule has 0 radical (unpaired) electrons. The largest absolute Gasteiger partial charge is 0.483 e. The van der Waals surface area contributed by atoms with Crippen LogP contribution in [-0.2, 0) is 4.79 Å². The van der Waals surface area contributed by atoms with E-state index >= 15 is 0 Å². The fourth-order valence-electron chi connectivity index (χ4n) is 3.29. The highest BCUT2D eigenvalue weighted by Crippen LogP contribution is 2.25. The molecule has 2 aromatic carbocycles. The Hall–Kier alpha value is -2.49. The topological polar surface area (TPSA) is 41.6 Å². The zero-order valence-electron chi connectivity index (χ0n) is 15.2. The number of hydrogen-bond acceptors (Lipinski definition) is 3. The average Bonchev–Trinajstić information content (AvgIpc) is 3.01. The molecule has 1 aliphatic rings. The number of ether oxygens (including phenoxy) is 1. The van der Waals surface area contributed by atoms with Gasteiger partial charge in [-0.2, -0.15) is 0 Å². The van der Waals surface area contributed by atoms with E-state index in [4.69, 9.17) is 4.74 Å². The molecule has 0 saturated carbocycles. The van der Waals surface area contributed by atoms with Gasteiger partial charge >= 0.3 is 0 Å². The van der Waals surface area contributed by atoms with E-state index in [-0.39, 0.29) is 12.5 Å². The van der Waals surface area contributed by atoms with Crippen LogP contribution in [0.25, 0.3) is 0 Å². The van der Waals surface area contributed by atoms with Crippen molar-refractivity contribution in [2.75, 3.05) is 29.9 Å². The standard InChI is InChI=1S/C21H26N2O2/c1-15-11-12-23(13-15)19-9-7-18(8-10-19)22-20(24)14-25-21-16(2)5-4-6-17(21)3/h4-10,15H,11-14H2,1-3H3,(H,22,24). The molecular formula is C21H26N2O2. The van der Waals surface area contributed by atoms with Gasteiger partial charge in [0.1, 0.15) is 5.75 Å². The van der Waals surface area contributed by atoms with Crippen molar-refractivity contribution >= 4 is 17.3 Å². The molecule has 1 amide bonds. The van der Waals surface area contributed by atoms with E-state index in [9.17, 15) is 4.79 Å². The van der Waals surface area contributed by atoms with E-state index < -0.39 is 0 Å². The molecule has 25 heavy (non-hydrogen) atoms. The van der Waals surface area contributed by atoms with Gasteiger partial charge in [-0.15, -0.1) is 0 Å². The zero-order valence-corrected chi connectivity index (χ0v) is 15.2. The maximum atomic E-state index is 12.1. The Morgan fingerprint density at radius 2 is 1.84 bits per heavy atom. The lowest BCUT2D eigenvalue weighted by molar-refractivity contribution is -0.118. The molecule has 1 N–H and O–H groups in total. The normalized spacial score (nSPS) is 16.8. The number of para-hydroxylation sites is 1. The Bertz CT molecular complexity index is 720. The predicted octanol–water partition coefficient (Wildman–Crippen LogP) is 4.17. The first-order valence-corrected chi connectivity index (χ1v) is 8.87. The Balaban J connectivity index is 1.54. The number of amides is 1. The molecule has 0 aliphatic carbocycles. The molecule has 132 valence electrons. The summed E-state index contributed by atoms with van der Waals surface area (Å²) in [7, 11) is 0. The Labute approximate surface area is 149 Å². The molecule has 1 atom stereocenters. The summed E-state index contributed by atoms with van der Waals surface area (Å²) in [6, 6.07) is 14.0. The van der Waals surface area contributed by atoms with Crippen molar-refractivity contribution in [2.45, 2.75) is 27.2 Å². The van der Waals surface area contributed by atoms with Gasteiger partial charge < -0.3 is 15.0 Å². The molecule has 2 aromatic rings. The van der Waals surface area contributed by atoms with E-state index in [1.165, 1.54) is 12.1 Å². The second-order valence-electron chi connectivity index (χ2n) is 6.94. The molecule has 1 unspecified atom stereocenters. The Kier molecular flexibility index (Phi) is 5.27. The lowest BCUT2D eigenvalue weighted by Gasteiger charge is -2.18. The van der Waals surface area contributed by atoms with Crippen LogP contribution in [0.4, 0.5) is 11.4 Å². The van der Waals surface area contributed by atoms with Crippen molar-refractivity contribution in [3.63, 3.8) is 0 Å². The third-order valence-corrected chi connectivity index (χ3v) is 4.70. The van der Waals surface area contributed by atoms with E-state index in [0.29, 0.717) is 0 Å². The van der Waals surface area contributed by atoms with Gasteiger partial charge in [-0.05, 0) is 61.6 Å². The monoisotopic (exact) mass is 338 g/mol. The first kappa shape index (κ1) is 17.3. The van der Waals surface area contributed by atoms with Crippen LogP contribution in [0, 0.1) is 19.8 Å². The summed E-state index contributed by atoms with van der Waals surface area (Å²) < 4.78 is 5.70. The predicted molar refractivity (Wildman–Crippen MR) is 102 cm³/mol. The van der Waals surface area contributed by atoms with Crippen LogP contribution in [0.2, 0.25) is 0 Å². The minimum atomic E-state index is -0.148. The van der Waals surface area contributed by atoms with Crippen LogP contribution in [0.5, 0.6) is 5.75 Å². The molecule has 1 fully saturated rings. The van der Waals surface area contributed by atoms with Gasteiger partial charge in [-0.3, -0.25) is 4.79 Å². The van der Waals surface area contributed by atoms with Crippen molar-refractivity contribution in [1.29, 1.82) is 0 Å². The smallest absolute Gasteiger partial charge is 0.262 e. The zero-order chi connectivity index (χ0) is 17.8. The number of nitrogens with one attached hydrogen (secondary N) is 1. The molecule has 1 heterocycles. The fourth-order valence-corrected chi connectivity index (χ4v) is 3.29. The molecule has 0 spiro atoms. The average molecular weight is 338 g/mol. The summed E-state index contributed by atoms with van der Waals surface area (Å²) in [5.41, 5.74) is 4.09. The molecule has 0 bridgehead atoms. The molecule has 3 rings (SSSR count). The maximum absolute atomic E-state index is 12.1. The van der Waals surface area contributed by atoms with Gasteiger partial charge in [0.25, 0.3) is 5.91 Å². The molecule has 0 aromatic heterocycles. The van der Waals surface area contributed by atoms with E-state index in [2.05, 4.69) is 29.3 Å². The van der Waals surface area contributed by atoms with Crippen molar-refractivity contribution in [2.24, 2.45) is 5.92 Å². The van der Waals surface area contributed by atoms with Gasteiger partial charge in [-0.25, -0.2) is 0 Å². The number of anilines is 2. The lowest BCUT2D eigenvalue weighted by atomic mass is 10.1. The quantitative estimate of drug-likeness (QED) is 0.890. The summed E-state index contributed by atoms with van der Waals surface area (Å²) in [5, 5.41) is 2.90. The third kappa shape index (κ3) is 4.32. The van der Waals surface area contributed by atoms with Crippen molar-refractivity contribution < 1.29 is 9.53 Å². The van der Waals surface area contributed by atoms with Crippen LogP contribution in [-0.4, -0.2) is 25.6 Å². The highest BCUT2D eigenvalue weighted by Gasteiger charge is 2.18. The van der Waals surface area contributed by atoms with Crippen molar-refractivity contribution in [1.82, 2.24) is 0 Å². The maximum Gasteiger partial charge on any atom is 0.262 e. The first-order chi connectivity index (χ1) is 12.0. The Morgan fingerprint density at radius 3 is 2.44 bits per heavy atom. The van der Waals surface area contributed by atoms with E-state index in [1.54, 1.807) is 0 Å². The second-order valence-corrected chi connectivity index (χ2v) is 6.94. The molecule has 1 aliphatic heterocycles. The van der Waals surface area contributed by atoms with Crippen LogP contribution in [0.3, 0.4) is 0 Å². The number of nitrogens with zero attached hydrogens (tertiary/aromatic N) is 1. The number of carbonyl (C=O) groups excluding carboxylic acids is 1. The summed E-state index contributed by atoms with van der Waals surface area (Å²) in [6.07, 6.45) is 1.24. The van der Waals surface area contributed by atoms with Gasteiger partial charge in [0.2, 0.25) is 0 Å². The summed E-state index contributed by atoms with van der Waals surface area (Å²) in [6.45, 7) is 8.48. The van der Waals surface area contributed by atoms with Gasteiger partial charge in [-0.1, -0.05) is 25.1 Å². The van der Waals surface area contributed by atoms with Crippen molar-refractivity contribution in [3.8, 4) is 5.75 Å². The number of hydrogen-bond donors (Lipinski definition) is 1. The number of rotatable bonds is 5. The molecule has 4 heteroatoms. The van der Waals surface area contributed by atoms with Gasteiger partial charge in [0, 0.05) is 24.5 Å². The lowest BCUT2D eigenvalue weighted by Crippen LogP contribution is -2.21. The van der Waals surface area contributed by atoms with E-state index in [0.717, 1.165) is 41.6 Å². The molecule has 4 nitrogen and oxygen atoms in total. The highest BCUT2D eigenvalue weighted by atomic mass is 16.5. The second kappa shape index (κ2) is 7.60. The van der Waals surface area contributed by atoms with Crippen LogP contribution in [0.15, 0.2) is 42.5 Å². The van der Waals surface area contributed by atoms with Gasteiger partial charge in [0.15, 0.2) is 6.61 Å². The minimum Gasteiger partial charge on any atom is -0.483 e. The fraction of sp³-hybridized carbons (Fsp3) is 0.381. The van der Waals surface area contributed by atoms with Crippen LogP contribution < -0.4 is 15.0 Å². The number of aryl methyl sites for hydroxylation is 2. The SMILES string of the molecule is Cc1cccc(C)c1OCC(=O)Nc1ccc(N2CCC(C)C2)cc1. The molecular weight excluding hydrogens is 312 g/mol. The Morgan fingerprint density at radius 1 is 1.16 bits per heavy atom.